The fraction of sp³-hybridized carbons (Fsp3) is 0.300. The molecule has 1 unspecified atom stereocenters. The molecule has 0 aliphatic carbocycles. The van der Waals surface area contributed by atoms with Crippen LogP contribution in [0.2, 0.25) is 0 Å². The zero-order valence-electron chi connectivity index (χ0n) is 15.5. The van der Waals surface area contributed by atoms with E-state index in [1.165, 1.54) is 24.3 Å². The summed E-state index contributed by atoms with van der Waals surface area (Å²) >= 11 is 0. The van der Waals surface area contributed by atoms with E-state index in [1.54, 1.807) is 6.07 Å². The Labute approximate surface area is 165 Å². The number of hydrogen-bond donors (Lipinski definition) is 0. The van der Waals surface area contributed by atoms with Gasteiger partial charge in [-0.2, -0.15) is 4.31 Å². The first-order valence-corrected chi connectivity index (χ1v) is 12.1. The minimum atomic E-state index is -3.79. The lowest BCUT2D eigenvalue weighted by Gasteiger charge is -2.17. The Balaban J connectivity index is 1.81. The molecule has 3 rings (SSSR count). The fourth-order valence-corrected chi connectivity index (χ4v) is 6.32. The van der Waals surface area contributed by atoms with Gasteiger partial charge in [-0.05, 0) is 31.1 Å². The highest BCUT2D eigenvalue weighted by atomic mass is 32.2. The predicted octanol–water partition coefficient (Wildman–Crippen LogP) is 3.30. The Bertz CT molecular complexity index is 1080. The fourth-order valence-electron chi connectivity index (χ4n) is 3.19. The van der Waals surface area contributed by atoms with Crippen LogP contribution in [0.25, 0.3) is 6.08 Å². The van der Waals surface area contributed by atoms with Gasteiger partial charge in [0, 0.05) is 24.1 Å². The number of rotatable bonds is 4. The summed E-state index contributed by atoms with van der Waals surface area (Å²) in [5, 5.41) is 0.0447. The van der Waals surface area contributed by atoms with Crippen LogP contribution < -0.4 is 0 Å². The molecule has 150 valence electrons. The Kier molecular flexibility index (Phi) is 6.02. The second kappa shape index (κ2) is 8.14. The number of hydrogen-bond acceptors (Lipinski definition) is 4. The molecule has 0 saturated carbocycles. The maximum Gasteiger partial charge on any atom is 0.236 e. The van der Waals surface area contributed by atoms with E-state index < -0.39 is 30.9 Å². The molecule has 5 nitrogen and oxygen atoms in total. The molecule has 8 heteroatoms. The molecular formula is C20H22FNO4S2. The average molecular weight is 424 g/mol. The van der Waals surface area contributed by atoms with E-state index >= 15 is 0 Å². The molecular weight excluding hydrogens is 401 g/mol. The van der Waals surface area contributed by atoms with E-state index in [9.17, 15) is 21.2 Å². The van der Waals surface area contributed by atoms with Crippen molar-refractivity contribution in [2.45, 2.75) is 18.6 Å². The maximum absolute atomic E-state index is 14.1. The third kappa shape index (κ3) is 4.68. The molecule has 1 fully saturated rings. The minimum Gasteiger partial charge on any atom is -0.228 e. The monoisotopic (exact) mass is 423 g/mol. The van der Waals surface area contributed by atoms with E-state index in [-0.39, 0.29) is 30.8 Å². The van der Waals surface area contributed by atoms with Crippen LogP contribution in [0.15, 0.2) is 53.9 Å². The quantitative estimate of drug-likeness (QED) is 0.757. The van der Waals surface area contributed by atoms with Crippen molar-refractivity contribution in [1.29, 1.82) is 0 Å². The topological polar surface area (TPSA) is 71.5 Å². The lowest BCUT2D eigenvalue weighted by molar-refractivity contribution is 0.433. The molecule has 1 heterocycles. The van der Waals surface area contributed by atoms with Gasteiger partial charge >= 0.3 is 0 Å². The number of aryl methyl sites for hydroxylation is 1. The number of halogens is 1. The summed E-state index contributed by atoms with van der Waals surface area (Å²) in [6, 6.07) is 13.1. The Morgan fingerprint density at radius 3 is 2.43 bits per heavy atom. The van der Waals surface area contributed by atoms with Gasteiger partial charge in [-0.1, -0.05) is 48.0 Å². The summed E-state index contributed by atoms with van der Waals surface area (Å²) in [5.41, 5.74) is 1.90. The Hall–Kier alpha value is -2.03. The van der Waals surface area contributed by atoms with Crippen molar-refractivity contribution in [1.82, 2.24) is 4.31 Å². The summed E-state index contributed by atoms with van der Waals surface area (Å²) in [6.45, 7) is 1.81. The van der Waals surface area contributed by atoms with E-state index in [4.69, 9.17) is 0 Å². The van der Waals surface area contributed by atoms with Crippen molar-refractivity contribution in [3.63, 3.8) is 0 Å². The molecule has 2 aromatic carbocycles. The second-order valence-corrected chi connectivity index (χ2v) is 10.9. The van der Waals surface area contributed by atoms with Gasteiger partial charge < -0.3 is 0 Å². The van der Waals surface area contributed by atoms with Gasteiger partial charge in [0.1, 0.15) is 5.82 Å². The molecule has 1 saturated heterocycles. The summed E-state index contributed by atoms with van der Waals surface area (Å²) in [4.78, 5) is 0. The zero-order valence-corrected chi connectivity index (χ0v) is 17.1. The van der Waals surface area contributed by atoms with Gasteiger partial charge in [-0.3, -0.25) is 0 Å². The molecule has 0 aromatic heterocycles. The van der Waals surface area contributed by atoms with Crippen LogP contribution in [-0.4, -0.2) is 40.0 Å². The van der Waals surface area contributed by atoms with Crippen LogP contribution in [-0.2, 0) is 19.9 Å². The number of sulfonamides is 1. The second-order valence-electron chi connectivity index (χ2n) is 6.82. The highest BCUT2D eigenvalue weighted by Gasteiger charge is 2.35. The highest BCUT2D eigenvalue weighted by molar-refractivity contribution is 7.92. The molecule has 0 N–H and O–H groups in total. The normalized spacial score (nSPS) is 20.9. The first-order valence-electron chi connectivity index (χ1n) is 8.90. The van der Waals surface area contributed by atoms with Gasteiger partial charge in [0.15, 0.2) is 9.84 Å². The third-order valence-corrected chi connectivity index (χ3v) is 8.49. The molecule has 0 radical (unpaired) electrons. The van der Waals surface area contributed by atoms with Crippen molar-refractivity contribution in [2.75, 3.05) is 18.8 Å². The number of sulfone groups is 1. The third-order valence-electron chi connectivity index (χ3n) is 4.82. The summed E-state index contributed by atoms with van der Waals surface area (Å²) in [5.74, 6) is -0.935. The van der Waals surface area contributed by atoms with Crippen LogP contribution in [0, 0.1) is 12.7 Å². The van der Waals surface area contributed by atoms with Crippen LogP contribution in [0.5, 0.6) is 0 Å². The largest absolute Gasteiger partial charge is 0.236 e. The van der Waals surface area contributed by atoms with Gasteiger partial charge in [0.2, 0.25) is 10.0 Å². The summed E-state index contributed by atoms with van der Waals surface area (Å²) < 4.78 is 65.9. The molecule has 1 aliphatic rings. The van der Waals surface area contributed by atoms with Crippen LogP contribution >= 0.6 is 0 Å². The summed E-state index contributed by atoms with van der Waals surface area (Å²) in [7, 11) is -7.46. The lowest BCUT2D eigenvalue weighted by atomic mass is 10.1. The van der Waals surface area contributed by atoms with Gasteiger partial charge in [0.25, 0.3) is 0 Å². The number of benzene rings is 2. The molecule has 0 amide bonds. The first-order chi connectivity index (χ1) is 13.2. The van der Waals surface area contributed by atoms with Crippen molar-refractivity contribution in [3.8, 4) is 0 Å². The smallest absolute Gasteiger partial charge is 0.228 e. The van der Waals surface area contributed by atoms with Gasteiger partial charge in [-0.25, -0.2) is 21.2 Å². The summed E-state index contributed by atoms with van der Waals surface area (Å²) in [6.07, 6.45) is 1.50. The molecule has 2 aromatic rings. The van der Waals surface area contributed by atoms with E-state index in [0.717, 1.165) is 20.8 Å². The minimum absolute atomic E-state index is 0.0127. The van der Waals surface area contributed by atoms with E-state index in [1.807, 2.05) is 31.2 Å². The average Bonchev–Trinajstić information content (AvgIpc) is 2.80. The molecule has 28 heavy (non-hydrogen) atoms. The van der Waals surface area contributed by atoms with E-state index in [0.29, 0.717) is 0 Å². The van der Waals surface area contributed by atoms with Crippen molar-refractivity contribution in [2.24, 2.45) is 0 Å². The van der Waals surface area contributed by atoms with Crippen molar-refractivity contribution >= 4 is 25.9 Å². The highest BCUT2D eigenvalue weighted by Crippen LogP contribution is 2.31. The Morgan fingerprint density at radius 1 is 1.07 bits per heavy atom. The molecule has 1 aliphatic heterocycles. The standard InChI is InChI=1S/C20H22FNO4S2/c1-16-6-8-17(9-7-16)11-14-28(25,26)22-12-10-20(27(23,24)15-13-22)18-4-2-3-5-19(18)21/h2-9,11,14,20H,10,12-13,15H2,1H3/b14-11+. The SMILES string of the molecule is Cc1ccc(/C=C/S(=O)(=O)N2CCC(c3ccccc3F)S(=O)(=O)CC2)cc1. The van der Waals surface area contributed by atoms with Crippen LogP contribution in [0.3, 0.4) is 0 Å². The maximum atomic E-state index is 14.1. The van der Waals surface area contributed by atoms with Gasteiger partial charge in [-0.15, -0.1) is 0 Å². The number of nitrogens with zero attached hydrogens (tertiary/aromatic N) is 1. The first kappa shape index (κ1) is 20.7. The van der Waals surface area contributed by atoms with Gasteiger partial charge in [0.05, 0.1) is 11.0 Å². The molecule has 0 spiro atoms. The zero-order chi connectivity index (χ0) is 20.4. The lowest BCUT2D eigenvalue weighted by Crippen LogP contribution is -2.32. The van der Waals surface area contributed by atoms with E-state index in [2.05, 4.69) is 0 Å². The Morgan fingerprint density at radius 2 is 1.75 bits per heavy atom. The molecule has 0 bridgehead atoms. The van der Waals surface area contributed by atoms with Crippen molar-refractivity contribution in [3.05, 3.63) is 76.4 Å². The van der Waals surface area contributed by atoms with Crippen LogP contribution in [0.4, 0.5) is 4.39 Å². The van der Waals surface area contributed by atoms with Crippen molar-refractivity contribution < 1.29 is 21.2 Å². The molecule has 1 atom stereocenters. The predicted molar refractivity (Wildman–Crippen MR) is 108 cm³/mol. The van der Waals surface area contributed by atoms with Crippen LogP contribution in [0.1, 0.15) is 28.4 Å².